The number of pyridine rings is 1. The van der Waals surface area contributed by atoms with E-state index in [2.05, 4.69) is 4.98 Å². The summed E-state index contributed by atoms with van der Waals surface area (Å²) in [6.07, 6.45) is -0.0879. The molecule has 0 bridgehead atoms. The predicted octanol–water partition coefficient (Wildman–Crippen LogP) is 3.18. The van der Waals surface area contributed by atoms with Gasteiger partial charge in [0.2, 0.25) is 0 Å². The van der Waals surface area contributed by atoms with E-state index >= 15 is 0 Å². The van der Waals surface area contributed by atoms with Crippen LogP contribution in [0.2, 0.25) is 5.15 Å². The summed E-state index contributed by atoms with van der Waals surface area (Å²) in [5.74, 6) is -0.997. The van der Waals surface area contributed by atoms with Gasteiger partial charge in [0.15, 0.2) is 0 Å². The van der Waals surface area contributed by atoms with Crippen LogP contribution in [0.1, 0.15) is 56.1 Å². The first kappa shape index (κ1) is 17.4. The second-order valence-electron chi connectivity index (χ2n) is 5.30. The largest absolute Gasteiger partial charge is 0.481 e. The molecule has 0 aliphatic carbocycles. The summed E-state index contributed by atoms with van der Waals surface area (Å²) in [5, 5.41) is 9.14. The van der Waals surface area contributed by atoms with Crippen molar-refractivity contribution in [3.63, 3.8) is 0 Å². The summed E-state index contributed by atoms with van der Waals surface area (Å²) in [5.41, 5.74) is 1.19. The second kappa shape index (κ2) is 7.41. The number of aromatic nitrogens is 1. The molecule has 0 saturated carbocycles. The molecule has 1 amide bonds. The highest BCUT2D eigenvalue weighted by atomic mass is 35.5. The molecule has 1 unspecified atom stereocenters. The number of carbonyl (C=O) groups is 2. The Balaban J connectivity index is 3.07. The van der Waals surface area contributed by atoms with E-state index in [-0.39, 0.29) is 29.4 Å². The molecule has 0 fully saturated rings. The van der Waals surface area contributed by atoms with E-state index in [0.717, 1.165) is 5.69 Å². The molecule has 0 saturated heterocycles. The number of hydrogen-bond donors (Lipinski definition) is 1. The summed E-state index contributed by atoms with van der Waals surface area (Å²) in [7, 11) is 0. The molecular weight excluding hydrogens is 292 g/mol. The van der Waals surface area contributed by atoms with Crippen LogP contribution in [0.25, 0.3) is 0 Å². The Labute approximate surface area is 129 Å². The maximum atomic E-state index is 12.6. The normalized spacial score (nSPS) is 12.3. The molecule has 116 valence electrons. The lowest BCUT2D eigenvalue weighted by Crippen LogP contribution is -2.39. The second-order valence-corrected chi connectivity index (χ2v) is 5.68. The Morgan fingerprint density at radius 3 is 2.43 bits per heavy atom. The van der Waals surface area contributed by atoms with Crippen molar-refractivity contribution in [2.45, 2.75) is 46.1 Å². The minimum absolute atomic E-state index is 0.0879. The molecule has 6 heteroatoms. The number of halogens is 1. The lowest BCUT2D eigenvalue weighted by Gasteiger charge is -2.27. The zero-order valence-electron chi connectivity index (χ0n) is 12.8. The van der Waals surface area contributed by atoms with Gasteiger partial charge in [-0.25, -0.2) is 4.98 Å². The molecule has 1 aromatic rings. The Morgan fingerprint density at radius 2 is 1.95 bits per heavy atom. The van der Waals surface area contributed by atoms with Gasteiger partial charge in [-0.1, -0.05) is 25.4 Å². The average molecular weight is 313 g/mol. The third-order valence-corrected chi connectivity index (χ3v) is 3.45. The Bertz CT molecular complexity index is 532. The van der Waals surface area contributed by atoms with Gasteiger partial charge in [0.25, 0.3) is 5.91 Å². The summed E-state index contributed by atoms with van der Waals surface area (Å²) < 4.78 is 0. The minimum Gasteiger partial charge on any atom is -0.481 e. The number of carboxylic acids is 1. The fraction of sp³-hybridized carbons (Fsp3) is 0.533. The summed E-state index contributed by atoms with van der Waals surface area (Å²) >= 11 is 5.97. The van der Waals surface area contributed by atoms with Crippen molar-refractivity contribution in [3.8, 4) is 0 Å². The quantitative estimate of drug-likeness (QED) is 0.819. The minimum atomic E-state index is -0.926. The van der Waals surface area contributed by atoms with Crippen LogP contribution in [-0.2, 0) is 4.79 Å². The number of carboxylic acid groups (broad SMARTS) is 1. The van der Waals surface area contributed by atoms with Crippen LogP contribution >= 0.6 is 11.6 Å². The van der Waals surface area contributed by atoms with E-state index in [1.54, 1.807) is 13.0 Å². The van der Waals surface area contributed by atoms with Crippen LogP contribution in [0, 0.1) is 0 Å². The maximum absolute atomic E-state index is 12.6. The molecule has 1 aromatic heterocycles. The van der Waals surface area contributed by atoms with E-state index in [0.29, 0.717) is 12.1 Å². The average Bonchev–Trinajstić information content (AvgIpc) is 2.37. The molecule has 0 aliphatic heterocycles. The van der Waals surface area contributed by atoms with Gasteiger partial charge in [0, 0.05) is 23.8 Å². The molecule has 0 aliphatic rings. The molecule has 21 heavy (non-hydrogen) atoms. The number of hydrogen-bond acceptors (Lipinski definition) is 3. The van der Waals surface area contributed by atoms with Crippen LogP contribution in [0.5, 0.6) is 0 Å². The Hall–Kier alpha value is -1.62. The Morgan fingerprint density at radius 1 is 1.33 bits per heavy atom. The molecule has 0 aromatic carbocycles. The van der Waals surface area contributed by atoms with Gasteiger partial charge in [-0.2, -0.15) is 0 Å². The predicted molar refractivity (Wildman–Crippen MR) is 81.8 cm³/mol. The number of nitrogens with zero attached hydrogens (tertiary/aromatic N) is 2. The summed E-state index contributed by atoms with van der Waals surface area (Å²) in [4.78, 5) is 29.1. The van der Waals surface area contributed by atoms with Gasteiger partial charge in [-0.15, -0.1) is 0 Å². The van der Waals surface area contributed by atoms with Crippen LogP contribution in [0.15, 0.2) is 12.1 Å². The highest BCUT2D eigenvalue weighted by molar-refractivity contribution is 6.29. The summed E-state index contributed by atoms with van der Waals surface area (Å²) in [6.45, 7) is 7.92. The van der Waals surface area contributed by atoms with E-state index in [9.17, 15) is 9.59 Å². The first-order valence-electron chi connectivity index (χ1n) is 6.96. The Kier molecular flexibility index (Phi) is 6.15. The van der Waals surface area contributed by atoms with Gasteiger partial charge < -0.3 is 10.0 Å². The standard InChI is InChI=1S/C15H21ClN2O3/c1-5-18(10(4)6-14(19)20)15(21)11-7-12(9(2)3)17-13(16)8-11/h7-10H,5-6H2,1-4H3,(H,19,20). The highest BCUT2D eigenvalue weighted by Crippen LogP contribution is 2.20. The lowest BCUT2D eigenvalue weighted by atomic mass is 10.1. The molecule has 1 atom stereocenters. The van der Waals surface area contributed by atoms with Gasteiger partial charge in [0.1, 0.15) is 5.15 Å². The van der Waals surface area contributed by atoms with Gasteiger partial charge >= 0.3 is 5.97 Å². The third kappa shape index (κ3) is 4.70. The van der Waals surface area contributed by atoms with Crippen molar-refractivity contribution in [1.82, 2.24) is 9.88 Å². The van der Waals surface area contributed by atoms with Crippen molar-refractivity contribution >= 4 is 23.5 Å². The number of carbonyl (C=O) groups excluding carboxylic acids is 1. The van der Waals surface area contributed by atoms with Crippen molar-refractivity contribution < 1.29 is 14.7 Å². The van der Waals surface area contributed by atoms with Crippen molar-refractivity contribution in [3.05, 3.63) is 28.5 Å². The van der Waals surface area contributed by atoms with E-state index in [1.165, 1.54) is 11.0 Å². The van der Waals surface area contributed by atoms with Crippen LogP contribution in [0.4, 0.5) is 0 Å². The molecule has 1 heterocycles. The third-order valence-electron chi connectivity index (χ3n) is 3.26. The molecule has 0 radical (unpaired) electrons. The van der Waals surface area contributed by atoms with Crippen LogP contribution in [0.3, 0.4) is 0 Å². The molecule has 1 rings (SSSR count). The first-order valence-corrected chi connectivity index (χ1v) is 7.34. The van der Waals surface area contributed by atoms with E-state index in [1.807, 2.05) is 20.8 Å². The fourth-order valence-corrected chi connectivity index (χ4v) is 2.34. The van der Waals surface area contributed by atoms with Crippen molar-refractivity contribution in [2.24, 2.45) is 0 Å². The highest BCUT2D eigenvalue weighted by Gasteiger charge is 2.23. The fourth-order valence-electron chi connectivity index (χ4n) is 2.12. The van der Waals surface area contributed by atoms with Crippen LogP contribution < -0.4 is 0 Å². The molecular formula is C15H21ClN2O3. The molecule has 1 N–H and O–H groups in total. The van der Waals surface area contributed by atoms with Gasteiger partial charge in [0.05, 0.1) is 6.42 Å². The van der Waals surface area contributed by atoms with Crippen molar-refractivity contribution in [1.29, 1.82) is 0 Å². The van der Waals surface area contributed by atoms with Crippen molar-refractivity contribution in [2.75, 3.05) is 6.54 Å². The summed E-state index contributed by atoms with van der Waals surface area (Å²) in [6, 6.07) is 2.86. The topological polar surface area (TPSA) is 70.5 Å². The number of rotatable bonds is 6. The zero-order valence-corrected chi connectivity index (χ0v) is 13.5. The number of amides is 1. The maximum Gasteiger partial charge on any atom is 0.305 e. The SMILES string of the molecule is CCN(C(=O)c1cc(Cl)nc(C(C)C)c1)C(C)CC(=O)O. The number of aliphatic carboxylic acids is 1. The monoisotopic (exact) mass is 312 g/mol. The van der Waals surface area contributed by atoms with Crippen LogP contribution in [-0.4, -0.2) is 39.5 Å². The van der Waals surface area contributed by atoms with E-state index in [4.69, 9.17) is 16.7 Å². The lowest BCUT2D eigenvalue weighted by molar-refractivity contribution is -0.138. The zero-order chi connectivity index (χ0) is 16.2. The smallest absolute Gasteiger partial charge is 0.305 e. The molecule has 5 nitrogen and oxygen atoms in total. The van der Waals surface area contributed by atoms with Gasteiger partial charge in [-0.3, -0.25) is 9.59 Å². The first-order chi connectivity index (χ1) is 9.76. The van der Waals surface area contributed by atoms with E-state index < -0.39 is 5.97 Å². The molecule has 0 spiro atoms. The van der Waals surface area contributed by atoms with Gasteiger partial charge in [-0.05, 0) is 31.9 Å².